The van der Waals surface area contributed by atoms with E-state index in [1.807, 2.05) is 68.4 Å². The lowest BCUT2D eigenvalue weighted by atomic mass is 9.96. The first-order valence-corrected chi connectivity index (χ1v) is 12.0. The Bertz CT molecular complexity index is 994. The maximum Gasteiger partial charge on any atom is 0.335 e. The van der Waals surface area contributed by atoms with E-state index in [1.165, 1.54) is 12.5 Å². The molecule has 7 heteroatoms. The Hall–Kier alpha value is -2.90. The number of rotatable bonds is 4. The second-order valence-electron chi connectivity index (χ2n) is 7.55. The van der Waals surface area contributed by atoms with Gasteiger partial charge in [0, 0.05) is 11.6 Å². The van der Waals surface area contributed by atoms with Gasteiger partial charge < -0.3 is 25.8 Å². The number of aliphatic hydroxyl groups excluding tert-OH is 2. The molecule has 1 aliphatic heterocycles. The first-order chi connectivity index (χ1) is 16.8. The van der Waals surface area contributed by atoms with Crippen molar-refractivity contribution in [2.75, 3.05) is 13.2 Å². The molecule has 5 N–H and O–H groups in total. The number of nitrogens with two attached hydrogens (primary N) is 1. The van der Waals surface area contributed by atoms with E-state index in [1.54, 1.807) is 12.1 Å². The normalized spacial score (nSPS) is 14.2. The maximum atomic E-state index is 10.9. The van der Waals surface area contributed by atoms with E-state index < -0.39 is 12.1 Å². The van der Waals surface area contributed by atoms with Crippen molar-refractivity contribution in [1.82, 2.24) is 0 Å². The van der Waals surface area contributed by atoms with Gasteiger partial charge in [-0.1, -0.05) is 61.8 Å². The van der Waals surface area contributed by atoms with E-state index in [9.17, 15) is 4.79 Å². The standard InChI is InChI=1S/C17H17NO3.C6H5Cl.C3H8O2.C2H6/c18-10-15-7-5-14-9-13(6-8-16(14)21-15)11-1-3-12(4-2-11)17(19)20;7-6-4-2-1-3-5-6;1-3(5)2-4;1-2/h1-4,6,8-9,15H,5,7,10,18H2,(H,19,20);1-5H;3-5H,2H2,1H3;1-2H3. The van der Waals surface area contributed by atoms with E-state index in [4.69, 9.17) is 37.4 Å². The molecule has 4 rings (SSSR count). The van der Waals surface area contributed by atoms with E-state index >= 15 is 0 Å². The molecule has 2 unspecified atom stereocenters. The molecule has 0 bridgehead atoms. The van der Waals surface area contributed by atoms with Crippen molar-refractivity contribution in [3.63, 3.8) is 0 Å². The van der Waals surface area contributed by atoms with Crippen molar-refractivity contribution in [2.24, 2.45) is 5.73 Å². The largest absolute Gasteiger partial charge is 0.489 e. The molecule has 0 fully saturated rings. The number of benzene rings is 3. The summed E-state index contributed by atoms with van der Waals surface area (Å²) in [7, 11) is 0. The zero-order valence-electron chi connectivity index (χ0n) is 20.5. The van der Waals surface area contributed by atoms with Crippen LogP contribution in [0.25, 0.3) is 11.1 Å². The molecule has 3 aromatic rings. The summed E-state index contributed by atoms with van der Waals surface area (Å²) in [6.07, 6.45) is 1.44. The van der Waals surface area contributed by atoms with Crippen molar-refractivity contribution in [2.45, 2.75) is 45.8 Å². The first kappa shape index (κ1) is 30.1. The van der Waals surface area contributed by atoms with Crippen molar-refractivity contribution in [1.29, 1.82) is 0 Å². The molecule has 0 saturated carbocycles. The Morgan fingerprint density at radius 1 is 1.06 bits per heavy atom. The molecule has 0 saturated heterocycles. The Kier molecular flexibility index (Phi) is 14.4. The molecule has 0 radical (unpaired) electrons. The highest BCUT2D eigenvalue weighted by Gasteiger charge is 2.18. The van der Waals surface area contributed by atoms with E-state index in [2.05, 4.69) is 6.07 Å². The lowest BCUT2D eigenvalue weighted by Crippen LogP contribution is -2.30. The highest BCUT2D eigenvalue weighted by Crippen LogP contribution is 2.32. The zero-order valence-corrected chi connectivity index (χ0v) is 21.3. The van der Waals surface area contributed by atoms with Gasteiger partial charge >= 0.3 is 5.97 Å². The number of aliphatic hydroxyl groups is 2. The third kappa shape index (κ3) is 10.9. The number of fused-ring (bicyclic) bond motifs is 1. The molecule has 2 atom stereocenters. The summed E-state index contributed by atoms with van der Waals surface area (Å²) in [5.41, 5.74) is 9.20. The van der Waals surface area contributed by atoms with Crippen LogP contribution < -0.4 is 10.5 Å². The van der Waals surface area contributed by atoms with Gasteiger partial charge in [0.15, 0.2) is 0 Å². The van der Waals surface area contributed by atoms with Crippen molar-refractivity contribution in [3.8, 4) is 16.9 Å². The second-order valence-corrected chi connectivity index (χ2v) is 7.98. The van der Waals surface area contributed by atoms with Crippen molar-refractivity contribution >= 4 is 17.6 Å². The predicted molar refractivity (Wildman–Crippen MR) is 142 cm³/mol. The number of aromatic carboxylic acids is 1. The van der Waals surface area contributed by atoms with Gasteiger partial charge in [0.05, 0.1) is 18.3 Å². The van der Waals surface area contributed by atoms with Crippen LogP contribution >= 0.6 is 11.6 Å². The van der Waals surface area contributed by atoms with Gasteiger partial charge in [-0.2, -0.15) is 0 Å². The van der Waals surface area contributed by atoms with Crippen LogP contribution in [-0.4, -0.2) is 46.6 Å². The number of hydrogen-bond acceptors (Lipinski definition) is 5. The Morgan fingerprint density at radius 2 is 1.63 bits per heavy atom. The lowest BCUT2D eigenvalue weighted by molar-refractivity contribution is 0.0697. The van der Waals surface area contributed by atoms with Gasteiger partial charge in [-0.25, -0.2) is 4.79 Å². The number of ether oxygens (including phenoxy) is 1. The Labute approximate surface area is 213 Å². The predicted octanol–water partition coefficient (Wildman–Crippen LogP) is 5.43. The summed E-state index contributed by atoms with van der Waals surface area (Å²) in [6.45, 7) is 5.93. The number of carboxylic acid groups (broad SMARTS) is 1. The average molecular weight is 502 g/mol. The molecule has 1 heterocycles. The Morgan fingerprint density at radius 3 is 2.09 bits per heavy atom. The minimum atomic E-state index is -0.909. The summed E-state index contributed by atoms with van der Waals surface area (Å²) in [5.74, 6) is -0.00387. The third-order valence-corrected chi connectivity index (χ3v) is 5.07. The summed E-state index contributed by atoms with van der Waals surface area (Å²) < 4.78 is 5.82. The summed E-state index contributed by atoms with van der Waals surface area (Å²) in [6, 6.07) is 22.4. The minimum Gasteiger partial charge on any atom is -0.489 e. The number of carboxylic acids is 1. The number of halogens is 1. The first-order valence-electron chi connectivity index (χ1n) is 11.7. The van der Waals surface area contributed by atoms with E-state index in [0.717, 1.165) is 34.7 Å². The van der Waals surface area contributed by atoms with Gasteiger partial charge in [-0.3, -0.25) is 0 Å². The Balaban J connectivity index is 0.000000360. The molecule has 0 aromatic heterocycles. The number of hydrogen-bond donors (Lipinski definition) is 4. The topological polar surface area (TPSA) is 113 Å². The smallest absolute Gasteiger partial charge is 0.335 e. The van der Waals surface area contributed by atoms with Crippen LogP contribution in [0.3, 0.4) is 0 Å². The lowest BCUT2D eigenvalue weighted by Gasteiger charge is -2.25. The minimum absolute atomic E-state index is 0.109. The van der Waals surface area contributed by atoms with Gasteiger partial charge in [0.1, 0.15) is 11.9 Å². The van der Waals surface area contributed by atoms with E-state index in [-0.39, 0.29) is 12.7 Å². The number of carbonyl (C=O) groups is 1. The average Bonchev–Trinajstić information content (AvgIpc) is 2.90. The fourth-order valence-corrected chi connectivity index (χ4v) is 3.16. The summed E-state index contributed by atoms with van der Waals surface area (Å²) in [5, 5.41) is 25.7. The second kappa shape index (κ2) is 16.7. The molecule has 0 spiro atoms. The molecule has 0 amide bonds. The summed E-state index contributed by atoms with van der Waals surface area (Å²) >= 11 is 5.54. The third-order valence-electron chi connectivity index (χ3n) is 4.82. The molecule has 3 aromatic carbocycles. The molecular weight excluding hydrogens is 466 g/mol. The van der Waals surface area contributed by atoms with Gasteiger partial charge in [-0.15, -0.1) is 0 Å². The molecule has 35 heavy (non-hydrogen) atoms. The van der Waals surface area contributed by atoms with Crippen LogP contribution in [0.1, 0.15) is 43.1 Å². The highest BCUT2D eigenvalue weighted by molar-refractivity contribution is 6.30. The van der Waals surface area contributed by atoms with Crippen LogP contribution in [0.4, 0.5) is 0 Å². The number of aryl methyl sites for hydroxylation is 1. The highest BCUT2D eigenvalue weighted by atomic mass is 35.5. The van der Waals surface area contributed by atoms with Crippen LogP contribution in [0.2, 0.25) is 5.02 Å². The quantitative estimate of drug-likeness (QED) is 0.379. The molecule has 0 aliphatic carbocycles. The van der Waals surface area contributed by atoms with Crippen LogP contribution in [0.15, 0.2) is 72.8 Å². The SMILES string of the molecule is CC.CC(O)CO.Clc1ccccc1.NCC1CCc2cc(-c3ccc(C(=O)O)cc3)ccc2O1. The van der Waals surface area contributed by atoms with Crippen LogP contribution in [0, 0.1) is 0 Å². The van der Waals surface area contributed by atoms with E-state index in [0.29, 0.717) is 12.1 Å². The molecule has 1 aliphatic rings. The van der Waals surface area contributed by atoms with Gasteiger partial charge in [0.25, 0.3) is 0 Å². The van der Waals surface area contributed by atoms with Gasteiger partial charge in [0.2, 0.25) is 0 Å². The van der Waals surface area contributed by atoms with Crippen molar-refractivity contribution in [3.05, 3.63) is 88.9 Å². The molecular formula is C28H36ClNO5. The molecule has 6 nitrogen and oxygen atoms in total. The molecule has 190 valence electrons. The summed E-state index contributed by atoms with van der Waals surface area (Å²) in [4.78, 5) is 10.9. The maximum absolute atomic E-state index is 10.9. The van der Waals surface area contributed by atoms with Crippen LogP contribution in [-0.2, 0) is 6.42 Å². The zero-order chi connectivity index (χ0) is 26.2. The van der Waals surface area contributed by atoms with Crippen LogP contribution in [0.5, 0.6) is 5.75 Å². The van der Waals surface area contributed by atoms with Crippen molar-refractivity contribution < 1.29 is 24.9 Å². The fourth-order valence-electron chi connectivity index (χ4n) is 3.01. The fraction of sp³-hybridized carbons (Fsp3) is 0.321. The monoisotopic (exact) mass is 501 g/mol. The van der Waals surface area contributed by atoms with Gasteiger partial charge in [-0.05, 0) is 72.9 Å².